The summed E-state index contributed by atoms with van der Waals surface area (Å²) in [5, 5.41) is 5.51. The van der Waals surface area contributed by atoms with Crippen molar-refractivity contribution in [2.75, 3.05) is 63.9 Å². The molecule has 2 atom stereocenters. The smallest absolute Gasteiger partial charge is 0.180 e. The van der Waals surface area contributed by atoms with Crippen LogP contribution in [0.4, 0.5) is 5.82 Å². The number of benzene rings is 1. The zero-order valence-corrected chi connectivity index (χ0v) is 18.2. The number of para-hydroxylation sites is 1. The Labute approximate surface area is 180 Å². The van der Waals surface area contributed by atoms with Crippen LogP contribution in [0.1, 0.15) is 38.5 Å². The van der Waals surface area contributed by atoms with Gasteiger partial charge in [-0.25, -0.2) is 0 Å². The molecule has 5 rings (SSSR count). The van der Waals surface area contributed by atoms with Gasteiger partial charge in [-0.1, -0.05) is 23.7 Å². The standard InChI is InChI=1S/C24H36N4O2/c1-4-11-26(12-5-1)13-6-16-29-19-20-9-10-21-18-28(15-14-27(21)17-20)24-22-7-2-3-8-23(22)30-25-24/h2-3,7-8,20-21H,1,4-6,9-19H2. The minimum absolute atomic E-state index is 0.629. The van der Waals surface area contributed by atoms with Gasteiger partial charge < -0.3 is 19.1 Å². The predicted molar refractivity (Wildman–Crippen MR) is 120 cm³/mol. The number of fused-ring (bicyclic) bond motifs is 2. The Kier molecular flexibility index (Phi) is 6.54. The second kappa shape index (κ2) is 9.67. The van der Waals surface area contributed by atoms with Crippen LogP contribution in [0.25, 0.3) is 11.0 Å². The third-order valence-corrected chi connectivity index (χ3v) is 7.23. The van der Waals surface area contributed by atoms with E-state index in [0.29, 0.717) is 12.0 Å². The normalized spacial score (nSPS) is 26.2. The van der Waals surface area contributed by atoms with E-state index in [1.807, 2.05) is 12.1 Å². The number of hydrogen-bond donors (Lipinski definition) is 0. The number of ether oxygens (including phenoxy) is 1. The van der Waals surface area contributed by atoms with Crippen molar-refractivity contribution in [3.8, 4) is 0 Å². The lowest BCUT2D eigenvalue weighted by atomic mass is 9.91. The highest BCUT2D eigenvalue weighted by Crippen LogP contribution is 2.31. The molecular weight excluding hydrogens is 376 g/mol. The largest absolute Gasteiger partial charge is 0.381 e. The van der Waals surface area contributed by atoms with Crippen LogP contribution in [0.5, 0.6) is 0 Å². The Balaban J connectivity index is 1.05. The van der Waals surface area contributed by atoms with E-state index >= 15 is 0 Å². The van der Waals surface area contributed by atoms with Crippen LogP contribution >= 0.6 is 0 Å². The monoisotopic (exact) mass is 412 g/mol. The molecule has 1 aromatic heterocycles. The zero-order chi connectivity index (χ0) is 20.2. The van der Waals surface area contributed by atoms with Crippen LogP contribution < -0.4 is 4.90 Å². The molecule has 0 amide bonds. The van der Waals surface area contributed by atoms with Crippen LogP contribution in [-0.2, 0) is 4.74 Å². The summed E-state index contributed by atoms with van der Waals surface area (Å²) in [5.74, 6) is 1.71. The Morgan fingerprint density at radius 3 is 2.83 bits per heavy atom. The second-order valence-corrected chi connectivity index (χ2v) is 9.37. The number of anilines is 1. The van der Waals surface area contributed by atoms with Crippen molar-refractivity contribution in [1.29, 1.82) is 0 Å². The van der Waals surface area contributed by atoms with Crippen molar-refractivity contribution >= 4 is 16.8 Å². The molecule has 0 aliphatic carbocycles. The van der Waals surface area contributed by atoms with Crippen molar-refractivity contribution in [1.82, 2.24) is 15.0 Å². The van der Waals surface area contributed by atoms with Gasteiger partial charge in [-0.15, -0.1) is 0 Å². The SMILES string of the molecule is c1ccc2c(N3CCN4CC(COCCCN5CCCCC5)CCC4C3)noc2c1. The van der Waals surface area contributed by atoms with E-state index in [4.69, 9.17) is 9.26 Å². The van der Waals surface area contributed by atoms with E-state index in [1.165, 1.54) is 64.7 Å². The Bertz CT molecular complexity index is 803. The summed E-state index contributed by atoms with van der Waals surface area (Å²) in [4.78, 5) is 7.71. The maximum absolute atomic E-state index is 6.09. The molecule has 30 heavy (non-hydrogen) atoms. The van der Waals surface area contributed by atoms with Gasteiger partial charge in [0.2, 0.25) is 0 Å². The molecule has 3 saturated heterocycles. The highest BCUT2D eigenvalue weighted by molar-refractivity contribution is 5.88. The molecule has 3 aliphatic heterocycles. The van der Waals surface area contributed by atoms with Gasteiger partial charge >= 0.3 is 0 Å². The number of likely N-dealkylation sites (tertiary alicyclic amines) is 1. The van der Waals surface area contributed by atoms with Gasteiger partial charge in [0.05, 0.1) is 12.0 Å². The van der Waals surface area contributed by atoms with Crippen molar-refractivity contribution in [3.05, 3.63) is 24.3 Å². The lowest BCUT2D eigenvalue weighted by Crippen LogP contribution is -2.57. The van der Waals surface area contributed by atoms with E-state index in [0.717, 1.165) is 49.6 Å². The molecule has 0 radical (unpaired) electrons. The average molecular weight is 413 g/mol. The average Bonchev–Trinajstić information content (AvgIpc) is 3.23. The summed E-state index contributed by atoms with van der Waals surface area (Å²) in [6, 6.07) is 8.82. The highest BCUT2D eigenvalue weighted by atomic mass is 16.5. The van der Waals surface area contributed by atoms with Gasteiger partial charge in [0.1, 0.15) is 0 Å². The molecule has 0 spiro atoms. The summed E-state index contributed by atoms with van der Waals surface area (Å²) in [7, 11) is 0. The van der Waals surface area contributed by atoms with Gasteiger partial charge in [0.25, 0.3) is 0 Å². The molecule has 1 aromatic carbocycles. The highest BCUT2D eigenvalue weighted by Gasteiger charge is 2.34. The molecule has 3 aliphatic rings. The van der Waals surface area contributed by atoms with Crippen LogP contribution in [0, 0.1) is 5.92 Å². The quantitative estimate of drug-likeness (QED) is 0.647. The van der Waals surface area contributed by atoms with Crippen LogP contribution in [0.15, 0.2) is 28.8 Å². The molecule has 0 saturated carbocycles. The number of hydrogen-bond acceptors (Lipinski definition) is 6. The molecule has 3 fully saturated rings. The second-order valence-electron chi connectivity index (χ2n) is 9.37. The van der Waals surface area contributed by atoms with E-state index in [9.17, 15) is 0 Å². The summed E-state index contributed by atoms with van der Waals surface area (Å²) in [6.07, 6.45) is 7.89. The maximum Gasteiger partial charge on any atom is 0.180 e. The van der Waals surface area contributed by atoms with Crippen molar-refractivity contribution < 1.29 is 9.26 Å². The van der Waals surface area contributed by atoms with Crippen molar-refractivity contribution in [2.45, 2.75) is 44.6 Å². The third kappa shape index (κ3) is 4.66. The number of aromatic nitrogens is 1. The lowest BCUT2D eigenvalue weighted by molar-refractivity contribution is 0.0305. The summed E-state index contributed by atoms with van der Waals surface area (Å²) < 4.78 is 11.6. The van der Waals surface area contributed by atoms with E-state index < -0.39 is 0 Å². The number of piperidine rings is 2. The molecule has 2 unspecified atom stereocenters. The fourth-order valence-corrected chi connectivity index (χ4v) is 5.51. The van der Waals surface area contributed by atoms with Crippen molar-refractivity contribution in [3.63, 3.8) is 0 Å². The van der Waals surface area contributed by atoms with Gasteiger partial charge in [0, 0.05) is 45.4 Å². The zero-order valence-electron chi connectivity index (χ0n) is 18.2. The van der Waals surface area contributed by atoms with E-state index in [1.54, 1.807) is 0 Å². The fraction of sp³-hybridized carbons (Fsp3) is 0.708. The molecule has 0 N–H and O–H groups in total. The number of piperazine rings is 1. The predicted octanol–water partition coefficient (Wildman–Crippen LogP) is 3.62. The van der Waals surface area contributed by atoms with E-state index in [-0.39, 0.29) is 0 Å². The minimum atomic E-state index is 0.629. The van der Waals surface area contributed by atoms with E-state index in [2.05, 4.69) is 32.0 Å². The first kappa shape index (κ1) is 20.3. The summed E-state index contributed by atoms with van der Waals surface area (Å²) in [5.41, 5.74) is 0.885. The van der Waals surface area contributed by atoms with Gasteiger partial charge in [0.15, 0.2) is 11.4 Å². The Morgan fingerprint density at radius 2 is 1.90 bits per heavy atom. The summed E-state index contributed by atoms with van der Waals surface area (Å²) in [6.45, 7) is 10.0. The van der Waals surface area contributed by atoms with Gasteiger partial charge in [-0.3, -0.25) is 4.90 Å². The molecule has 6 nitrogen and oxygen atoms in total. The first-order chi connectivity index (χ1) is 14.9. The summed E-state index contributed by atoms with van der Waals surface area (Å²) >= 11 is 0. The minimum Gasteiger partial charge on any atom is -0.381 e. The molecule has 164 valence electrons. The molecule has 6 heteroatoms. The Morgan fingerprint density at radius 1 is 1.00 bits per heavy atom. The lowest BCUT2D eigenvalue weighted by Gasteiger charge is -2.46. The van der Waals surface area contributed by atoms with Crippen LogP contribution in [0.3, 0.4) is 0 Å². The van der Waals surface area contributed by atoms with Gasteiger partial charge in [-0.2, -0.15) is 0 Å². The van der Waals surface area contributed by atoms with Gasteiger partial charge in [-0.05, 0) is 63.2 Å². The fourth-order valence-electron chi connectivity index (χ4n) is 5.51. The molecule has 2 aromatic rings. The molecule has 0 bridgehead atoms. The topological polar surface area (TPSA) is 45.0 Å². The third-order valence-electron chi connectivity index (χ3n) is 7.23. The van der Waals surface area contributed by atoms with Crippen LogP contribution in [-0.4, -0.2) is 80.0 Å². The molecule has 4 heterocycles. The van der Waals surface area contributed by atoms with Crippen LogP contribution in [0.2, 0.25) is 0 Å². The van der Waals surface area contributed by atoms with Crippen molar-refractivity contribution in [2.24, 2.45) is 5.92 Å². The Hall–Kier alpha value is -1.63. The molecular formula is C24H36N4O2. The first-order valence-corrected chi connectivity index (χ1v) is 12.0. The number of nitrogens with zero attached hydrogens (tertiary/aromatic N) is 4. The number of rotatable bonds is 7. The maximum atomic E-state index is 6.09. The first-order valence-electron chi connectivity index (χ1n) is 12.0.